The van der Waals surface area contributed by atoms with E-state index in [0.29, 0.717) is 22.5 Å². The molecule has 0 bridgehead atoms. The molecule has 0 saturated carbocycles. The van der Waals surface area contributed by atoms with Crippen LogP contribution in [0, 0.1) is 0 Å². The summed E-state index contributed by atoms with van der Waals surface area (Å²) in [4.78, 5) is 8.98. The number of hydrogen-bond acceptors (Lipinski definition) is 2. The van der Waals surface area contributed by atoms with E-state index in [-0.39, 0.29) is 30.0 Å². The Morgan fingerprint density at radius 3 is 2.69 bits per heavy atom. The van der Waals surface area contributed by atoms with Gasteiger partial charge in [-0.3, -0.25) is 0 Å². The molecule has 5 nitrogen and oxygen atoms in total. The zero-order valence-corrected chi connectivity index (χ0v) is 18.3. The molecule has 0 aliphatic carbocycles. The molecule has 138 valence electrons. The Balaban J connectivity index is 0.00000243. The van der Waals surface area contributed by atoms with Crippen LogP contribution >= 0.6 is 47.2 Å². The largest absolute Gasteiger partial charge is 0.370 e. The first-order valence-corrected chi connectivity index (χ1v) is 8.63. The van der Waals surface area contributed by atoms with Crippen LogP contribution in [0.4, 0.5) is 0 Å². The molecule has 3 aromatic rings. The van der Waals surface area contributed by atoms with Crippen LogP contribution in [0.3, 0.4) is 0 Å². The minimum absolute atomic E-state index is 0. The number of nitrogens with one attached hydrogen (secondary N) is 1. The van der Waals surface area contributed by atoms with Gasteiger partial charge in [-0.15, -0.1) is 24.0 Å². The maximum Gasteiger partial charge on any atom is 0.189 e. The molecule has 3 N–H and O–H groups in total. The molecule has 0 aliphatic heterocycles. The van der Waals surface area contributed by atoms with Gasteiger partial charge < -0.3 is 15.6 Å². The first-order valence-electron chi connectivity index (χ1n) is 7.87. The number of aromatic nitrogens is 2. The smallest absolute Gasteiger partial charge is 0.189 e. The van der Waals surface area contributed by atoms with Gasteiger partial charge in [0.25, 0.3) is 0 Å². The number of hydrogen-bond donors (Lipinski definition) is 2. The summed E-state index contributed by atoms with van der Waals surface area (Å²) in [6.45, 7) is 2.36. The van der Waals surface area contributed by atoms with Gasteiger partial charge in [0.1, 0.15) is 12.4 Å². The van der Waals surface area contributed by atoms with Gasteiger partial charge in [0, 0.05) is 17.1 Å². The minimum Gasteiger partial charge on any atom is -0.370 e. The lowest BCUT2D eigenvalue weighted by atomic mass is 10.1. The third kappa shape index (κ3) is 4.61. The molecule has 1 aromatic heterocycles. The van der Waals surface area contributed by atoms with E-state index in [0.717, 1.165) is 22.4 Å². The summed E-state index contributed by atoms with van der Waals surface area (Å²) in [6, 6.07) is 13.3. The number of aliphatic imine (C=N–C) groups is 1. The number of guanidine groups is 1. The predicted molar refractivity (Wildman–Crippen MR) is 119 cm³/mol. The van der Waals surface area contributed by atoms with Crippen molar-refractivity contribution in [2.75, 3.05) is 0 Å². The lowest BCUT2D eigenvalue weighted by molar-refractivity contribution is 0.704. The average Bonchev–Trinajstić information content (AvgIpc) is 2.89. The van der Waals surface area contributed by atoms with E-state index in [9.17, 15) is 0 Å². The van der Waals surface area contributed by atoms with Gasteiger partial charge in [-0.05, 0) is 36.8 Å². The zero-order valence-electron chi connectivity index (χ0n) is 14.4. The van der Waals surface area contributed by atoms with Crippen LogP contribution in [-0.4, -0.2) is 15.5 Å². The predicted octanol–water partition coefficient (Wildman–Crippen LogP) is 4.66. The molecule has 8 heteroatoms. The van der Waals surface area contributed by atoms with E-state index >= 15 is 0 Å². The van der Waals surface area contributed by atoms with Crippen molar-refractivity contribution in [1.29, 1.82) is 0 Å². The van der Waals surface area contributed by atoms with Gasteiger partial charge >= 0.3 is 0 Å². The standard InChI is InChI=1S/C18H19Cl2N5.HI/c1-11(13-8-7-12(19)9-14(13)20)23-18(21)22-10-17-24-15-5-3-4-6-16(15)25(17)2;/h3-9,11H,10H2,1-2H3,(H3,21,22,23);1H. The SMILES string of the molecule is CC(NC(N)=NCc1nc2ccccc2n1C)c1ccc(Cl)cc1Cl.I. The fraction of sp³-hybridized carbons (Fsp3) is 0.222. The summed E-state index contributed by atoms with van der Waals surface area (Å²) >= 11 is 12.2. The van der Waals surface area contributed by atoms with E-state index in [4.69, 9.17) is 28.9 Å². The molecule has 2 aromatic carbocycles. The summed E-state index contributed by atoms with van der Waals surface area (Å²) in [6.07, 6.45) is 0. The molecule has 0 saturated heterocycles. The summed E-state index contributed by atoms with van der Waals surface area (Å²) in [5.74, 6) is 1.19. The van der Waals surface area contributed by atoms with Crippen molar-refractivity contribution in [3.8, 4) is 0 Å². The number of halogens is 3. The Morgan fingerprint density at radius 2 is 2.00 bits per heavy atom. The van der Waals surface area contributed by atoms with Crippen LogP contribution in [0.25, 0.3) is 11.0 Å². The highest BCUT2D eigenvalue weighted by Crippen LogP contribution is 2.26. The lowest BCUT2D eigenvalue weighted by Gasteiger charge is -2.16. The van der Waals surface area contributed by atoms with Gasteiger partial charge in [0.15, 0.2) is 5.96 Å². The Bertz CT molecular complexity index is 938. The van der Waals surface area contributed by atoms with E-state index in [1.54, 1.807) is 12.1 Å². The topological polar surface area (TPSA) is 68.2 Å². The number of fused-ring (bicyclic) bond motifs is 1. The third-order valence-corrected chi connectivity index (χ3v) is 4.63. The van der Waals surface area contributed by atoms with Crippen LogP contribution < -0.4 is 11.1 Å². The number of para-hydroxylation sites is 2. The molecule has 1 heterocycles. The van der Waals surface area contributed by atoms with Crippen LogP contribution in [0.1, 0.15) is 24.4 Å². The second-order valence-corrected chi connectivity index (χ2v) is 6.65. The Kier molecular flexibility index (Phi) is 7.14. The average molecular weight is 504 g/mol. The van der Waals surface area contributed by atoms with Crippen molar-refractivity contribution >= 4 is 64.2 Å². The number of nitrogens with zero attached hydrogens (tertiary/aromatic N) is 3. The van der Waals surface area contributed by atoms with Gasteiger partial charge in [-0.2, -0.15) is 0 Å². The third-order valence-electron chi connectivity index (χ3n) is 4.06. The van der Waals surface area contributed by atoms with Crippen LogP contribution in [0.5, 0.6) is 0 Å². The van der Waals surface area contributed by atoms with Crippen molar-refractivity contribution in [3.63, 3.8) is 0 Å². The molecule has 0 aliphatic rings. The molecule has 1 atom stereocenters. The first kappa shape index (κ1) is 20.8. The van der Waals surface area contributed by atoms with E-state index in [1.165, 1.54) is 0 Å². The summed E-state index contributed by atoms with van der Waals surface area (Å²) in [7, 11) is 1.97. The fourth-order valence-corrected chi connectivity index (χ4v) is 3.26. The first-order chi connectivity index (χ1) is 12.0. The number of aryl methyl sites for hydroxylation is 1. The number of rotatable bonds is 4. The minimum atomic E-state index is -0.0889. The molecule has 0 fully saturated rings. The van der Waals surface area contributed by atoms with Crippen LogP contribution in [0.15, 0.2) is 47.5 Å². The van der Waals surface area contributed by atoms with Crippen LogP contribution in [0.2, 0.25) is 10.0 Å². The second kappa shape index (κ2) is 8.92. The Morgan fingerprint density at radius 1 is 1.27 bits per heavy atom. The summed E-state index contributed by atoms with van der Waals surface area (Å²) in [5, 5.41) is 4.34. The van der Waals surface area contributed by atoms with Gasteiger partial charge in [-0.25, -0.2) is 9.98 Å². The molecular weight excluding hydrogens is 484 g/mol. The highest BCUT2D eigenvalue weighted by Gasteiger charge is 2.11. The molecule has 0 radical (unpaired) electrons. The highest BCUT2D eigenvalue weighted by atomic mass is 127. The summed E-state index contributed by atoms with van der Waals surface area (Å²) in [5.41, 5.74) is 8.94. The van der Waals surface area contributed by atoms with Gasteiger partial charge in [0.05, 0.1) is 17.1 Å². The van der Waals surface area contributed by atoms with Crippen molar-refractivity contribution in [1.82, 2.24) is 14.9 Å². The van der Waals surface area contributed by atoms with Crippen LogP contribution in [-0.2, 0) is 13.6 Å². The summed E-state index contributed by atoms with van der Waals surface area (Å²) < 4.78 is 2.02. The molecule has 0 spiro atoms. The maximum absolute atomic E-state index is 6.23. The second-order valence-electron chi connectivity index (χ2n) is 5.81. The van der Waals surface area contributed by atoms with E-state index in [2.05, 4.69) is 15.3 Å². The molecule has 1 unspecified atom stereocenters. The van der Waals surface area contributed by atoms with Gasteiger partial charge in [0.2, 0.25) is 0 Å². The molecule has 3 rings (SSSR count). The monoisotopic (exact) mass is 503 g/mol. The maximum atomic E-state index is 6.23. The normalized spacial score (nSPS) is 12.7. The Labute approximate surface area is 179 Å². The lowest BCUT2D eigenvalue weighted by Crippen LogP contribution is -2.34. The molecule has 26 heavy (non-hydrogen) atoms. The molecular formula is C18H20Cl2IN5. The fourth-order valence-electron chi connectivity index (χ4n) is 2.69. The quantitative estimate of drug-likeness (QED) is 0.309. The highest BCUT2D eigenvalue weighted by molar-refractivity contribution is 14.0. The van der Waals surface area contributed by atoms with Gasteiger partial charge in [-0.1, -0.05) is 41.4 Å². The zero-order chi connectivity index (χ0) is 18.0. The number of nitrogens with two attached hydrogens (primary N) is 1. The van der Waals surface area contributed by atoms with Crippen molar-refractivity contribution in [3.05, 3.63) is 63.9 Å². The van der Waals surface area contributed by atoms with Crippen molar-refractivity contribution in [2.45, 2.75) is 19.5 Å². The van der Waals surface area contributed by atoms with Crippen molar-refractivity contribution in [2.24, 2.45) is 17.8 Å². The molecule has 0 amide bonds. The Hall–Kier alpha value is -1.51. The number of imidazole rings is 1. The van der Waals surface area contributed by atoms with Crippen molar-refractivity contribution < 1.29 is 0 Å². The van der Waals surface area contributed by atoms with E-state index in [1.807, 2.05) is 48.9 Å². The number of benzene rings is 2. The van der Waals surface area contributed by atoms with E-state index < -0.39 is 0 Å².